The lowest BCUT2D eigenvalue weighted by molar-refractivity contribution is -0.144. The Kier molecular flexibility index (Phi) is 5.42. The van der Waals surface area contributed by atoms with Gasteiger partial charge in [0.25, 0.3) is 0 Å². The lowest BCUT2D eigenvalue weighted by Gasteiger charge is -2.28. The van der Waals surface area contributed by atoms with Crippen LogP contribution in [0.3, 0.4) is 0 Å². The average Bonchev–Trinajstić information content (AvgIpc) is 3.02. The largest absolute Gasteiger partial charge is 0.481 e. The highest BCUT2D eigenvalue weighted by Crippen LogP contribution is 2.19. The molecule has 3 rings (SSSR count). The van der Waals surface area contributed by atoms with Gasteiger partial charge in [0.1, 0.15) is 0 Å². The van der Waals surface area contributed by atoms with Crippen LogP contribution in [0, 0.1) is 5.92 Å². The molecule has 0 spiro atoms. The molecule has 1 saturated heterocycles. The molecule has 0 aliphatic carbocycles. The third-order valence-electron chi connectivity index (χ3n) is 4.20. The van der Waals surface area contributed by atoms with Crippen LogP contribution in [0.5, 0.6) is 0 Å². The number of fused-ring (bicyclic) bond motifs is 1. The van der Waals surface area contributed by atoms with Crippen molar-refractivity contribution in [3.8, 4) is 0 Å². The average molecular weight is 347 g/mol. The Morgan fingerprint density at radius 3 is 2.83 bits per heavy atom. The quantitative estimate of drug-likeness (QED) is 0.746. The van der Waals surface area contributed by atoms with Crippen molar-refractivity contribution in [1.29, 1.82) is 0 Å². The number of H-pyrrole nitrogens is 1. The summed E-state index contributed by atoms with van der Waals surface area (Å²) in [5.41, 5.74) is 1.61. The Bertz CT molecular complexity index is 725. The van der Waals surface area contributed by atoms with Gasteiger partial charge in [0.05, 0.1) is 5.92 Å². The zero-order valence-corrected chi connectivity index (χ0v) is 14.1. The molecule has 1 aromatic heterocycles. The van der Waals surface area contributed by atoms with Gasteiger partial charge >= 0.3 is 5.97 Å². The highest BCUT2D eigenvalue weighted by atomic mass is 32.2. The Morgan fingerprint density at radius 1 is 1.29 bits per heavy atom. The van der Waals surface area contributed by atoms with Crippen LogP contribution in [-0.2, 0) is 9.59 Å². The molecule has 0 bridgehead atoms. The summed E-state index contributed by atoms with van der Waals surface area (Å²) in [4.78, 5) is 28.9. The molecule has 0 unspecified atom stereocenters. The topological polar surface area (TPSA) is 85.4 Å². The van der Waals surface area contributed by atoms with Gasteiger partial charge < -0.3 is 20.3 Å². The summed E-state index contributed by atoms with van der Waals surface area (Å²) in [5, 5.41) is 13.3. The van der Waals surface area contributed by atoms with E-state index in [1.807, 2.05) is 42.2 Å². The molecule has 1 aliphatic heterocycles. The molecule has 2 heterocycles. The fraction of sp³-hybridized carbons (Fsp3) is 0.412. The number of hydrogen-bond acceptors (Lipinski definition) is 4. The van der Waals surface area contributed by atoms with Gasteiger partial charge in [0.15, 0.2) is 0 Å². The second-order valence-corrected chi connectivity index (χ2v) is 7.20. The van der Waals surface area contributed by atoms with Crippen molar-refractivity contribution in [3.63, 3.8) is 0 Å². The molecule has 128 valence electrons. The van der Waals surface area contributed by atoms with Crippen LogP contribution in [-0.4, -0.2) is 58.0 Å². The van der Waals surface area contributed by atoms with Crippen LogP contribution in [0.2, 0.25) is 0 Å². The van der Waals surface area contributed by atoms with Gasteiger partial charge in [-0.05, 0) is 23.6 Å². The van der Waals surface area contributed by atoms with Gasteiger partial charge in [-0.2, -0.15) is 11.8 Å². The second-order valence-electron chi connectivity index (χ2n) is 5.98. The van der Waals surface area contributed by atoms with E-state index in [1.165, 1.54) is 0 Å². The molecule has 2 aromatic rings. The van der Waals surface area contributed by atoms with Crippen molar-refractivity contribution in [1.82, 2.24) is 9.88 Å². The maximum atomic E-state index is 12.2. The zero-order valence-electron chi connectivity index (χ0n) is 13.3. The molecule has 7 heteroatoms. The standard InChI is InChI=1S/C17H21N3O3S/c21-16(19-14-2-1-12-3-4-18-15(12)10-14)9-13(17(22)23)11-20-5-7-24-8-6-20/h1-4,10,13,18H,5-9,11H2,(H,19,21)(H,22,23)/t13-/m0/s1. The van der Waals surface area contributed by atoms with Gasteiger partial charge in [-0.3, -0.25) is 9.59 Å². The van der Waals surface area contributed by atoms with Crippen LogP contribution >= 0.6 is 11.8 Å². The highest BCUT2D eigenvalue weighted by molar-refractivity contribution is 7.99. The first kappa shape index (κ1) is 16.9. The Labute approximate surface area is 144 Å². The SMILES string of the molecule is O=C(C[C@@H](CN1CCSCC1)C(=O)O)Nc1ccc2cc[nH]c2c1. The van der Waals surface area contributed by atoms with E-state index in [4.69, 9.17) is 0 Å². The van der Waals surface area contributed by atoms with Crippen molar-refractivity contribution < 1.29 is 14.7 Å². The van der Waals surface area contributed by atoms with Crippen molar-refractivity contribution in [3.05, 3.63) is 30.5 Å². The molecule has 6 nitrogen and oxygen atoms in total. The van der Waals surface area contributed by atoms with Crippen molar-refractivity contribution in [2.24, 2.45) is 5.92 Å². The minimum atomic E-state index is -0.914. The molecule has 1 aliphatic rings. The Balaban J connectivity index is 1.59. The monoisotopic (exact) mass is 347 g/mol. The van der Waals surface area contributed by atoms with Gasteiger partial charge in [0, 0.05) is 55.0 Å². The molecule has 3 N–H and O–H groups in total. The van der Waals surface area contributed by atoms with E-state index in [-0.39, 0.29) is 12.3 Å². The minimum Gasteiger partial charge on any atom is -0.481 e. The summed E-state index contributed by atoms with van der Waals surface area (Å²) in [5.74, 6) is 0.189. The zero-order chi connectivity index (χ0) is 16.9. The molecule has 1 atom stereocenters. The number of carbonyl (C=O) groups excluding carboxylic acids is 1. The molecule has 0 radical (unpaired) electrons. The normalized spacial score (nSPS) is 16.8. The van der Waals surface area contributed by atoms with E-state index >= 15 is 0 Å². The van der Waals surface area contributed by atoms with Gasteiger partial charge in [0.2, 0.25) is 5.91 Å². The van der Waals surface area contributed by atoms with E-state index in [1.54, 1.807) is 0 Å². The molecular formula is C17H21N3O3S. The number of carboxylic acids is 1. The predicted octanol–water partition coefficient (Wildman–Crippen LogP) is 2.25. The lowest BCUT2D eigenvalue weighted by Crippen LogP contribution is -2.39. The highest BCUT2D eigenvalue weighted by Gasteiger charge is 2.25. The number of nitrogens with zero attached hydrogens (tertiary/aromatic N) is 1. The number of hydrogen-bond donors (Lipinski definition) is 3. The maximum absolute atomic E-state index is 12.2. The summed E-state index contributed by atoms with van der Waals surface area (Å²) >= 11 is 1.88. The Hall–Kier alpha value is -1.99. The summed E-state index contributed by atoms with van der Waals surface area (Å²) < 4.78 is 0. The third-order valence-corrected chi connectivity index (χ3v) is 5.14. The molecule has 24 heavy (non-hydrogen) atoms. The summed E-state index contributed by atoms with van der Waals surface area (Å²) in [6.45, 7) is 2.21. The summed E-state index contributed by atoms with van der Waals surface area (Å²) in [6.07, 6.45) is 1.83. The number of rotatable bonds is 6. The van der Waals surface area contributed by atoms with Gasteiger partial charge in [-0.1, -0.05) is 6.07 Å². The van der Waals surface area contributed by atoms with Crippen LogP contribution in [0.1, 0.15) is 6.42 Å². The fourth-order valence-corrected chi connectivity index (χ4v) is 3.87. The van der Waals surface area contributed by atoms with Crippen LogP contribution in [0.15, 0.2) is 30.5 Å². The summed E-state index contributed by atoms with van der Waals surface area (Å²) in [7, 11) is 0. The number of amides is 1. The number of carboxylic acid groups (broad SMARTS) is 1. The smallest absolute Gasteiger partial charge is 0.308 e. The number of benzene rings is 1. The van der Waals surface area contributed by atoms with E-state index in [9.17, 15) is 14.7 Å². The van der Waals surface area contributed by atoms with Crippen LogP contribution in [0.25, 0.3) is 10.9 Å². The van der Waals surface area contributed by atoms with Crippen LogP contribution < -0.4 is 5.32 Å². The molecule has 1 amide bonds. The fourth-order valence-electron chi connectivity index (χ4n) is 2.89. The van der Waals surface area contributed by atoms with Crippen molar-refractivity contribution >= 4 is 40.2 Å². The van der Waals surface area contributed by atoms with Crippen LogP contribution in [0.4, 0.5) is 5.69 Å². The minimum absolute atomic E-state index is 0.0122. The van der Waals surface area contributed by atoms with Crippen molar-refractivity contribution in [2.45, 2.75) is 6.42 Å². The van der Waals surface area contributed by atoms with E-state index in [0.717, 1.165) is 35.5 Å². The number of nitrogens with one attached hydrogen (secondary N) is 2. The maximum Gasteiger partial charge on any atom is 0.308 e. The van der Waals surface area contributed by atoms with Gasteiger partial charge in [-0.15, -0.1) is 0 Å². The van der Waals surface area contributed by atoms with E-state index in [0.29, 0.717) is 12.2 Å². The first-order valence-corrected chi connectivity index (χ1v) is 9.17. The van der Waals surface area contributed by atoms with E-state index < -0.39 is 11.9 Å². The number of aliphatic carboxylic acids is 1. The second kappa shape index (κ2) is 7.72. The number of aromatic nitrogens is 1. The number of aromatic amines is 1. The number of anilines is 1. The first-order valence-electron chi connectivity index (χ1n) is 8.02. The van der Waals surface area contributed by atoms with E-state index in [2.05, 4.69) is 15.2 Å². The number of carbonyl (C=O) groups is 2. The first-order chi connectivity index (χ1) is 11.6. The molecular weight excluding hydrogens is 326 g/mol. The molecule has 1 fully saturated rings. The Morgan fingerprint density at radius 2 is 2.08 bits per heavy atom. The molecule has 0 saturated carbocycles. The molecule has 1 aromatic carbocycles. The third kappa shape index (κ3) is 4.30. The summed E-state index contributed by atoms with van der Waals surface area (Å²) in [6, 6.07) is 7.55. The number of thioether (sulfide) groups is 1. The lowest BCUT2D eigenvalue weighted by atomic mass is 10.0. The van der Waals surface area contributed by atoms with Gasteiger partial charge in [-0.25, -0.2) is 0 Å². The predicted molar refractivity (Wildman–Crippen MR) is 96.4 cm³/mol. The van der Waals surface area contributed by atoms with Crippen molar-refractivity contribution in [2.75, 3.05) is 36.5 Å².